The molecule has 0 bridgehead atoms. The largest absolute Gasteiger partial charge is 0.355 e. The Kier molecular flexibility index (Phi) is 3.46. The predicted molar refractivity (Wildman–Crippen MR) is 61.1 cm³/mol. The molecule has 1 aromatic carbocycles. The van der Waals surface area contributed by atoms with Crippen molar-refractivity contribution in [3.8, 4) is 0 Å². The molecule has 1 aliphatic heterocycles. The van der Waals surface area contributed by atoms with Crippen LogP contribution in [0.25, 0.3) is 0 Å². The first-order valence-corrected chi connectivity index (χ1v) is 7.03. The second kappa shape index (κ2) is 4.72. The smallest absolute Gasteiger partial charge is 0.243 e. The van der Waals surface area contributed by atoms with Crippen LogP contribution in [0.2, 0.25) is 0 Å². The molecule has 0 unspecified atom stereocenters. The van der Waals surface area contributed by atoms with Crippen LogP contribution in [0.1, 0.15) is 12.8 Å². The van der Waals surface area contributed by atoms with Gasteiger partial charge in [0, 0.05) is 25.9 Å². The van der Waals surface area contributed by atoms with Gasteiger partial charge in [0.1, 0.15) is 5.82 Å². The zero-order valence-electron chi connectivity index (χ0n) is 9.47. The molecule has 94 valence electrons. The molecule has 2 rings (SSSR count). The second-order valence-corrected chi connectivity index (χ2v) is 6.24. The quantitative estimate of drug-likeness (QED) is 0.825. The Hall–Kier alpha value is -0.980. The lowest BCUT2D eigenvalue weighted by atomic mass is 10.1. The van der Waals surface area contributed by atoms with Crippen LogP contribution < -0.4 is 5.73 Å². The number of nitrogens with zero attached hydrogens (tertiary/aromatic N) is 1. The Morgan fingerprint density at radius 1 is 1.18 bits per heavy atom. The van der Waals surface area contributed by atoms with Crippen molar-refractivity contribution in [2.75, 3.05) is 13.1 Å². The van der Waals surface area contributed by atoms with E-state index in [9.17, 15) is 12.8 Å². The number of sulfonamides is 1. The molecule has 1 heterocycles. The van der Waals surface area contributed by atoms with Gasteiger partial charge in [0.2, 0.25) is 10.0 Å². The average molecular weight is 259 g/mol. The zero-order chi connectivity index (χ0) is 12.5. The summed E-state index contributed by atoms with van der Waals surface area (Å²) >= 11 is 0. The van der Waals surface area contributed by atoms with Crippen LogP contribution in [0.5, 0.6) is 0 Å². The van der Waals surface area contributed by atoms with Gasteiger partial charge in [-0.25, -0.2) is 12.8 Å². The maximum absolute atomic E-state index is 12.8. The molecule has 1 aromatic rings. The Bertz CT molecular complexity index is 479. The third-order valence-corrected chi connectivity index (χ3v) is 4.94. The monoisotopic (exact) mass is 259 g/mol. The van der Waals surface area contributed by atoms with E-state index in [0.717, 1.165) is 12.8 Å². The van der Waals surface area contributed by atoms with Crippen LogP contribution in [0.3, 0.4) is 0 Å². The summed E-state index contributed by atoms with van der Waals surface area (Å²) in [5.74, 6) is -0.430. The van der Waals surface area contributed by atoms with Crippen LogP contribution in [0.15, 0.2) is 29.2 Å². The molecule has 3 N–H and O–H groups in total. The topological polar surface area (TPSA) is 65.0 Å². The summed E-state index contributed by atoms with van der Waals surface area (Å²) in [7, 11) is -3.46. The average Bonchev–Trinajstić information content (AvgIpc) is 2.30. The van der Waals surface area contributed by atoms with E-state index >= 15 is 0 Å². The number of benzene rings is 1. The number of halogens is 1. The van der Waals surface area contributed by atoms with E-state index in [2.05, 4.69) is 5.73 Å². The Morgan fingerprint density at radius 2 is 1.71 bits per heavy atom. The summed E-state index contributed by atoms with van der Waals surface area (Å²) in [6, 6.07) is 5.28. The van der Waals surface area contributed by atoms with Gasteiger partial charge in [-0.3, -0.25) is 0 Å². The summed E-state index contributed by atoms with van der Waals surface area (Å²) in [6.07, 6.45) is 1.56. The fraction of sp³-hybridized carbons (Fsp3) is 0.455. The molecule has 0 atom stereocenters. The first kappa shape index (κ1) is 12.5. The van der Waals surface area contributed by atoms with E-state index in [1.165, 1.54) is 28.6 Å². The lowest BCUT2D eigenvalue weighted by Crippen LogP contribution is -2.64. The first-order valence-electron chi connectivity index (χ1n) is 5.59. The lowest BCUT2D eigenvalue weighted by Gasteiger charge is -2.27. The van der Waals surface area contributed by atoms with Gasteiger partial charge >= 0.3 is 0 Å². The maximum Gasteiger partial charge on any atom is 0.243 e. The molecule has 1 saturated heterocycles. The Balaban J connectivity index is 2.21. The summed E-state index contributed by atoms with van der Waals surface area (Å²) < 4.78 is 38.6. The van der Waals surface area contributed by atoms with E-state index < -0.39 is 15.8 Å². The number of hydrogen-bond acceptors (Lipinski definition) is 2. The van der Waals surface area contributed by atoms with E-state index in [-0.39, 0.29) is 4.90 Å². The molecular formula is C11H16FN2O2S+. The van der Waals surface area contributed by atoms with Crippen molar-refractivity contribution < 1.29 is 18.5 Å². The van der Waals surface area contributed by atoms with Gasteiger partial charge in [-0.05, 0) is 24.3 Å². The van der Waals surface area contributed by atoms with Crippen LogP contribution >= 0.6 is 0 Å². The lowest BCUT2D eigenvalue weighted by molar-refractivity contribution is -0.425. The highest BCUT2D eigenvalue weighted by Gasteiger charge is 2.29. The van der Waals surface area contributed by atoms with Crippen LogP contribution in [-0.4, -0.2) is 31.9 Å². The molecule has 0 aromatic heterocycles. The molecule has 1 fully saturated rings. The normalized spacial score (nSPS) is 19.4. The minimum absolute atomic E-state index is 0.154. The Morgan fingerprint density at radius 3 is 2.24 bits per heavy atom. The minimum atomic E-state index is -3.46. The van der Waals surface area contributed by atoms with Crippen molar-refractivity contribution in [1.29, 1.82) is 0 Å². The third-order valence-electron chi connectivity index (χ3n) is 3.02. The molecule has 6 heteroatoms. The van der Waals surface area contributed by atoms with Crippen molar-refractivity contribution >= 4 is 10.0 Å². The zero-order valence-corrected chi connectivity index (χ0v) is 10.3. The van der Waals surface area contributed by atoms with E-state index in [1.807, 2.05) is 0 Å². The first-order chi connectivity index (χ1) is 8.00. The summed E-state index contributed by atoms with van der Waals surface area (Å²) in [6.45, 7) is 0.988. The standard InChI is InChI=1S/C11H15FN2O2S/c12-9-1-3-11(4-2-9)17(15,16)14-7-5-10(13)6-8-14/h1-4,10H,5-8,13H2/p+1. The van der Waals surface area contributed by atoms with Crippen molar-refractivity contribution in [1.82, 2.24) is 4.31 Å². The molecule has 0 spiro atoms. The van der Waals surface area contributed by atoms with E-state index in [4.69, 9.17) is 0 Å². The fourth-order valence-electron chi connectivity index (χ4n) is 1.91. The second-order valence-electron chi connectivity index (χ2n) is 4.30. The fourth-order valence-corrected chi connectivity index (χ4v) is 3.37. The SMILES string of the molecule is [NH3+]C1CCN(S(=O)(=O)c2ccc(F)cc2)CC1. The molecule has 0 saturated carbocycles. The van der Waals surface area contributed by atoms with E-state index in [1.54, 1.807) is 0 Å². The number of hydrogen-bond donors (Lipinski definition) is 1. The maximum atomic E-state index is 12.8. The van der Waals surface area contributed by atoms with Gasteiger partial charge in [0.25, 0.3) is 0 Å². The number of rotatable bonds is 2. The highest BCUT2D eigenvalue weighted by Crippen LogP contribution is 2.19. The van der Waals surface area contributed by atoms with Crippen molar-refractivity contribution in [2.45, 2.75) is 23.8 Å². The molecule has 17 heavy (non-hydrogen) atoms. The van der Waals surface area contributed by atoms with Gasteiger partial charge in [-0.15, -0.1) is 0 Å². The molecule has 0 aliphatic carbocycles. The summed E-state index contributed by atoms with van der Waals surface area (Å²) in [4.78, 5) is 0.154. The summed E-state index contributed by atoms with van der Waals surface area (Å²) in [5, 5.41) is 0. The van der Waals surface area contributed by atoms with Gasteiger partial charge in [-0.2, -0.15) is 4.31 Å². The van der Waals surface area contributed by atoms with Gasteiger partial charge in [0.05, 0.1) is 10.9 Å². The number of quaternary nitrogens is 1. The third kappa shape index (κ3) is 2.65. The van der Waals surface area contributed by atoms with Crippen molar-refractivity contribution in [3.05, 3.63) is 30.1 Å². The van der Waals surface area contributed by atoms with Crippen molar-refractivity contribution in [3.63, 3.8) is 0 Å². The van der Waals surface area contributed by atoms with Crippen LogP contribution in [0, 0.1) is 5.82 Å². The molecule has 1 aliphatic rings. The van der Waals surface area contributed by atoms with E-state index in [0.29, 0.717) is 19.1 Å². The van der Waals surface area contributed by atoms with Crippen LogP contribution in [0.4, 0.5) is 4.39 Å². The highest BCUT2D eigenvalue weighted by molar-refractivity contribution is 7.89. The highest BCUT2D eigenvalue weighted by atomic mass is 32.2. The Labute approximate surface area is 100 Å². The van der Waals surface area contributed by atoms with Gasteiger partial charge in [0.15, 0.2) is 0 Å². The molecule has 0 radical (unpaired) electrons. The molecule has 4 nitrogen and oxygen atoms in total. The minimum Gasteiger partial charge on any atom is -0.355 e. The summed E-state index contributed by atoms with van der Waals surface area (Å²) in [5.41, 5.74) is 3.93. The number of piperidine rings is 1. The van der Waals surface area contributed by atoms with Crippen LogP contribution in [-0.2, 0) is 10.0 Å². The molecular weight excluding hydrogens is 243 g/mol. The predicted octanol–water partition coefficient (Wildman–Crippen LogP) is 0.221. The van der Waals surface area contributed by atoms with Gasteiger partial charge < -0.3 is 5.73 Å². The molecule has 0 amide bonds. The van der Waals surface area contributed by atoms with Gasteiger partial charge in [-0.1, -0.05) is 0 Å². The van der Waals surface area contributed by atoms with Crippen molar-refractivity contribution in [2.24, 2.45) is 0 Å².